The lowest BCUT2D eigenvalue weighted by Gasteiger charge is -2.16. The van der Waals surface area contributed by atoms with Crippen LogP contribution in [-0.2, 0) is 13.6 Å². The Bertz CT molecular complexity index is 848. The number of nitrogens with zero attached hydrogens (tertiary/aromatic N) is 4. The van der Waals surface area contributed by atoms with E-state index in [1.807, 2.05) is 25.4 Å². The normalized spacial score (nSPS) is 21.4. The van der Waals surface area contributed by atoms with Crippen molar-refractivity contribution in [3.63, 3.8) is 0 Å². The summed E-state index contributed by atoms with van der Waals surface area (Å²) in [5, 5.41) is 15.5. The van der Waals surface area contributed by atoms with E-state index in [4.69, 9.17) is 4.74 Å². The molecule has 6 nitrogen and oxygen atoms in total. The first-order valence-corrected chi connectivity index (χ1v) is 8.07. The molecule has 1 aliphatic rings. The minimum absolute atomic E-state index is 0.226. The zero-order valence-electron chi connectivity index (χ0n) is 13.5. The van der Waals surface area contributed by atoms with Crippen molar-refractivity contribution < 1.29 is 9.84 Å². The molecule has 2 atom stereocenters. The Kier molecular flexibility index (Phi) is 3.92. The fraction of sp³-hybridized carbons (Fsp3) is 0.333. The molecule has 0 bridgehead atoms. The SMILES string of the molecule is Cn1cc(O[C@@H]2CN(Cc3ccc4ncccc4c3)C[C@H]2O)cn1. The minimum atomic E-state index is -0.493. The lowest BCUT2D eigenvalue weighted by atomic mass is 10.1. The maximum absolute atomic E-state index is 10.3. The molecule has 124 valence electrons. The van der Waals surface area contributed by atoms with E-state index in [1.165, 1.54) is 5.56 Å². The van der Waals surface area contributed by atoms with Crippen LogP contribution < -0.4 is 4.74 Å². The van der Waals surface area contributed by atoms with Crippen LogP contribution in [0, 0.1) is 0 Å². The van der Waals surface area contributed by atoms with Crippen LogP contribution >= 0.6 is 0 Å². The molecule has 0 amide bonds. The van der Waals surface area contributed by atoms with Gasteiger partial charge in [0.15, 0.2) is 5.75 Å². The van der Waals surface area contributed by atoms with E-state index in [0.29, 0.717) is 18.8 Å². The number of ether oxygens (including phenoxy) is 1. The third kappa shape index (κ3) is 3.11. The number of pyridine rings is 1. The summed E-state index contributed by atoms with van der Waals surface area (Å²) >= 11 is 0. The Morgan fingerprint density at radius 2 is 2.21 bits per heavy atom. The Hall–Kier alpha value is -2.44. The Labute approximate surface area is 140 Å². The monoisotopic (exact) mass is 324 g/mol. The number of likely N-dealkylation sites (tertiary alicyclic amines) is 1. The van der Waals surface area contributed by atoms with E-state index in [0.717, 1.165) is 17.4 Å². The second-order valence-corrected chi connectivity index (χ2v) is 6.30. The van der Waals surface area contributed by atoms with Crippen molar-refractivity contribution in [1.82, 2.24) is 19.7 Å². The average molecular weight is 324 g/mol. The van der Waals surface area contributed by atoms with Gasteiger partial charge in [0.05, 0.1) is 17.9 Å². The molecule has 1 fully saturated rings. The van der Waals surface area contributed by atoms with Gasteiger partial charge in [-0.15, -0.1) is 0 Å². The molecule has 1 N–H and O–H groups in total. The predicted octanol–water partition coefficient (Wildman–Crippen LogP) is 1.59. The molecule has 1 saturated heterocycles. The van der Waals surface area contributed by atoms with Crippen LogP contribution in [0.25, 0.3) is 10.9 Å². The van der Waals surface area contributed by atoms with Gasteiger partial charge in [0, 0.05) is 38.3 Å². The summed E-state index contributed by atoms with van der Waals surface area (Å²) in [6.07, 6.45) is 4.57. The fourth-order valence-electron chi connectivity index (χ4n) is 3.19. The van der Waals surface area contributed by atoms with Gasteiger partial charge < -0.3 is 9.84 Å². The molecule has 0 unspecified atom stereocenters. The number of hydrogen-bond donors (Lipinski definition) is 1. The molecule has 3 aromatic rings. The van der Waals surface area contributed by atoms with Crippen molar-refractivity contribution in [2.75, 3.05) is 13.1 Å². The number of aliphatic hydroxyl groups is 1. The van der Waals surface area contributed by atoms with E-state index < -0.39 is 6.10 Å². The molecule has 6 heteroatoms. The summed E-state index contributed by atoms with van der Waals surface area (Å²) < 4.78 is 7.55. The fourth-order valence-corrected chi connectivity index (χ4v) is 3.19. The number of aryl methyl sites for hydroxylation is 1. The summed E-state index contributed by atoms with van der Waals surface area (Å²) in [4.78, 5) is 6.56. The Balaban J connectivity index is 1.43. The summed E-state index contributed by atoms with van der Waals surface area (Å²) in [5.41, 5.74) is 2.21. The maximum Gasteiger partial charge on any atom is 0.157 e. The van der Waals surface area contributed by atoms with Crippen molar-refractivity contribution in [2.24, 2.45) is 7.05 Å². The molecule has 0 radical (unpaired) electrons. The Morgan fingerprint density at radius 1 is 1.29 bits per heavy atom. The zero-order valence-corrected chi connectivity index (χ0v) is 13.5. The smallest absolute Gasteiger partial charge is 0.157 e. The van der Waals surface area contributed by atoms with Gasteiger partial charge in [0.1, 0.15) is 12.2 Å². The van der Waals surface area contributed by atoms with Crippen molar-refractivity contribution in [3.05, 3.63) is 54.5 Å². The summed E-state index contributed by atoms with van der Waals surface area (Å²) in [6, 6.07) is 10.3. The molecule has 4 rings (SSSR count). The number of β-amino-alcohol motifs (C(OH)–C–C–N with tert-alkyl or cyclic N) is 1. The van der Waals surface area contributed by atoms with Crippen molar-refractivity contribution in [2.45, 2.75) is 18.8 Å². The van der Waals surface area contributed by atoms with Gasteiger partial charge in [-0.3, -0.25) is 14.6 Å². The second-order valence-electron chi connectivity index (χ2n) is 6.30. The molecular formula is C18H20N4O2. The first kappa shape index (κ1) is 15.1. The molecular weight excluding hydrogens is 304 g/mol. The largest absolute Gasteiger partial charge is 0.483 e. The molecule has 1 aliphatic heterocycles. The zero-order chi connectivity index (χ0) is 16.5. The lowest BCUT2D eigenvalue weighted by molar-refractivity contribution is 0.0736. The van der Waals surface area contributed by atoms with E-state index in [9.17, 15) is 5.11 Å². The molecule has 1 aromatic carbocycles. The second kappa shape index (κ2) is 6.22. The number of benzene rings is 1. The number of aliphatic hydroxyl groups excluding tert-OH is 1. The van der Waals surface area contributed by atoms with Crippen LogP contribution in [0.1, 0.15) is 5.56 Å². The number of fused-ring (bicyclic) bond motifs is 1. The third-order valence-electron chi connectivity index (χ3n) is 4.35. The van der Waals surface area contributed by atoms with Crippen molar-refractivity contribution in [3.8, 4) is 5.75 Å². The quantitative estimate of drug-likeness (QED) is 0.790. The lowest BCUT2D eigenvalue weighted by Crippen LogP contribution is -2.29. The molecule has 0 saturated carbocycles. The number of aromatic nitrogens is 3. The first-order chi connectivity index (χ1) is 11.7. The Morgan fingerprint density at radius 3 is 3.04 bits per heavy atom. The topological polar surface area (TPSA) is 63.4 Å². The maximum atomic E-state index is 10.3. The highest BCUT2D eigenvalue weighted by Gasteiger charge is 2.33. The van der Waals surface area contributed by atoms with Gasteiger partial charge >= 0.3 is 0 Å². The van der Waals surface area contributed by atoms with E-state index in [2.05, 4.69) is 33.2 Å². The molecule has 0 aliphatic carbocycles. The highest BCUT2D eigenvalue weighted by atomic mass is 16.5. The highest BCUT2D eigenvalue weighted by molar-refractivity contribution is 5.78. The molecule has 0 spiro atoms. The van der Waals surface area contributed by atoms with Crippen LogP contribution in [-0.4, -0.2) is 50.1 Å². The summed E-state index contributed by atoms with van der Waals surface area (Å²) in [7, 11) is 1.85. The van der Waals surface area contributed by atoms with Gasteiger partial charge in [0.2, 0.25) is 0 Å². The van der Waals surface area contributed by atoms with E-state index >= 15 is 0 Å². The van der Waals surface area contributed by atoms with Gasteiger partial charge in [-0.1, -0.05) is 12.1 Å². The van der Waals surface area contributed by atoms with Crippen molar-refractivity contribution in [1.29, 1.82) is 0 Å². The standard InChI is InChI=1S/C18H20N4O2/c1-21-10-15(8-20-21)24-18-12-22(11-17(18)23)9-13-4-5-16-14(7-13)3-2-6-19-16/h2-8,10,17-18,23H,9,11-12H2,1H3/t17-,18-/m1/s1. The minimum Gasteiger partial charge on any atom is -0.483 e. The van der Waals surface area contributed by atoms with Gasteiger partial charge in [-0.2, -0.15) is 5.10 Å². The summed E-state index contributed by atoms with van der Waals surface area (Å²) in [5.74, 6) is 0.695. The van der Waals surface area contributed by atoms with Gasteiger partial charge in [-0.25, -0.2) is 0 Å². The van der Waals surface area contributed by atoms with Crippen molar-refractivity contribution >= 4 is 10.9 Å². The third-order valence-corrected chi connectivity index (χ3v) is 4.35. The van der Waals surface area contributed by atoms with Crippen LogP contribution in [0.2, 0.25) is 0 Å². The van der Waals surface area contributed by atoms with E-state index in [-0.39, 0.29) is 6.10 Å². The van der Waals surface area contributed by atoms with Gasteiger partial charge in [-0.05, 0) is 23.8 Å². The van der Waals surface area contributed by atoms with Crippen LogP contribution in [0.5, 0.6) is 5.75 Å². The molecule has 2 aromatic heterocycles. The number of rotatable bonds is 4. The van der Waals surface area contributed by atoms with Crippen LogP contribution in [0.4, 0.5) is 0 Å². The summed E-state index contributed by atoms with van der Waals surface area (Å²) in [6.45, 7) is 2.09. The van der Waals surface area contributed by atoms with E-state index in [1.54, 1.807) is 17.1 Å². The predicted molar refractivity (Wildman–Crippen MR) is 90.7 cm³/mol. The van der Waals surface area contributed by atoms with Crippen LogP contribution in [0.15, 0.2) is 48.9 Å². The molecule has 3 heterocycles. The van der Waals surface area contributed by atoms with Gasteiger partial charge in [0.25, 0.3) is 0 Å². The average Bonchev–Trinajstić information content (AvgIpc) is 3.13. The first-order valence-electron chi connectivity index (χ1n) is 8.07. The van der Waals surface area contributed by atoms with Crippen LogP contribution in [0.3, 0.4) is 0 Å². The molecule has 24 heavy (non-hydrogen) atoms. The highest BCUT2D eigenvalue weighted by Crippen LogP contribution is 2.21. The number of hydrogen-bond acceptors (Lipinski definition) is 5.